The Balaban J connectivity index is 1.69. The van der Waals surface area contributed by atoms with Gasteiger partial charge in [-0.3, -0.25) is 0 Å². The average Bonchev–Trinajstić information content (AvgIpc) is 2.99. The van der Waals surface area contributed by atoms with Crippen LogP contribution in [0.3, 0.4) is 0 Å². The summed E-state index contributed by atoms with van der Waals surface area (Å²) in [7, 11) is -3.62. The number of rotatable bonds is 3. The van der Waals surface area contributed by atoms with Crippen molar-refractivity contribution in [2.75, 3.05) is 17.6 Å². The topological polar surface area (TPSA) is 83.5 Å². The molecule has 1 fully saturated rings. The van der Waals surface area contributed by atoms with Gasteiger partial charge in [-0.25, -0.2) is 17.6 Å². The Labute approximate surface area is 160 Å². The van der Waals surface area contributed by atoms with Crippen LogP contribution in [0.15, 0.2) is 47.4 Å². The van der Waals surface area contributed by atoms with Crippen molar-refractivity contribution in [1.82, 2.24) is 0 Å². The van der Waals surface area contributed by atoms with E-state index < -0.39 is 31.6 Å². The lowest BCUT2D eigenvalue weighted by Gasteiger charge is -2.37. The Morgan fingerprint density at radius 2 is 1.96 bits per heavy atom. The zero-order chi connectivity index (χ0) is 19.2. The predicted molar refractivity (Wildman–Crippen MR) is 103 cm³/mol. The largest absolute Gasteiger partial charge is 0.478 e. The van der Waals surface area contributed by atoms with Crippen molar-refractivity contribution >= 4 is 33.3 Å². The molecule has 2 N–H and O–H groups in total. The number of carboxylic acid groups (broad SMARTS) is 1. The van der Waals surface area contributed by atoms with E-state index in [0.717, 1.165) is 29.8 Å². The van der Waals surface area contributed by atoms with Gasteiger partial charge in [-0.15, -0.1) is 11.8 Å². The molecule has 2 aliphatic rings. The van der Waals surface area contributed by atoms with Crippen LogP contribution in [0.4, 0.5) is 10.1 Å². The number of fused-ring (bicyclic) bond motifs is 2. The highest BCUT2D eigenvalue weighted by molar-refractivity contribution is 8.13. The summed E-state index contributed by atoms with van der Waals surface area (Å²) in [6.45, 7) is 0.585. The van der Waals surface area contributed by atoms with Gasteiger partial charge in [-0.2, -0.15) is 0 Å². The van der Waals surface area contributed by atoms with Gasteiger partial charge in [-0.05, 0) is 66.6 Å². The smallest absolute Gasteiger partial charge is 0.335 e. The van der Waals surface area contributed by atoms with Crippen LogP contribution in [0.5, 0.6) is 0 Å². The number of hydrogen-bond donors (Lipinski definition) is 2. The maximum Gasteiger partial charge on any atom is 0.335 e. The first kappa shape index (κ1) is 18.3. The molecule has 2 aromatic carbocycles. The van der Waals surface area contributed by atoms with Gasteiger partial charge in [0.15, 0.2) is 9.84 Å². The van der Waals surface area contributed by atoms with Crippen molar-refractivity contribution < 1.29 is 22.7 Å². The summed E-state index contributed by atoms with van der Waals surface area (Å²) in [6, 6.07) is 9.88. The third-order valence-electron chi connectivity index (χ3n) is 5.39. The van der Waals surface area contributed by atoms with Gasteiger partial charge in [0.25, 0.3) is 0 Å². The summed E-state index contributed by atoms with van der Waals surface area (Å²) in [5, 5.41) is 12.6. The number of carbonyl (C=O) groups is 1. The summed E-state index contributed by atoms with van der Waals surface area (Å²) in [4.78, 5) is 11.5. The maximum absolute atomic E-state index is 13.2. The molecule has 8 heteroatoms. The molecule has 0 radical (unpaired) electrons. The monoisotopic (exact) mass is 407 g/mol. The molecule has 4 rings (SSSR count). The molecule has 0 aromatic heterocycles. The number of hydrogen-bond acceptors (Lipinski definition) is 5. The second kappa shape index (κ2) is 6.53. The summed E-state index contributed by atoms with van der Waals surface area (Å²) < 4.78 is 38.7. The first-order chi connectivity index (χ1) is 12.8. The van der Waals surface area contributed by atoms with Crippen LogP contribution in [0.2, 0.25) is 0 Å². The van der Waals surface area contributed by atoms with E-state index in [2.05, 4.69) is 5.32 Å². The molecule has 2 aliphatic heterocycles. The first-order valence-corrected chi connectivity index (χ1v) is 11.1. The molecular formula is C19H18FNO4S2. The van der Waals surface area contributed by atoms with Crippen LogP contribution in [-0.4, -0.2) is 36.4 Å². The molecule has 0 bridgehead atoms. The van der Waals surface area contributed by atoms with E-state index in [1.807, 2.05) is 0 Å². The second-order valence-corrected chi connectivity index (χ2v) is 10.7. The number of carboxylic acids is 1. The number of sulfone groups is 1. The Bertz CT molecular complexity index is 1000. The maximum atomic E-state index is 13.2. The molecule has 1 saturated heterocycles. The van der Waals surface area contributed by atoms with Crippen molar-refractivity contribution in [2.45, 2.75) is 27.7 Å². The summed E-state index contributed by atoms with van der Waals surface area (Å²) in [6.07, 6.45) is 1.16. The fourth-order valence-corrected chi connectivity index (χ4v) is 7.78. The van der Waals surface area contributed by atoms with E-state index >= 15 is 0 Å². The van der Waals surface area contributed by atoms with Crippen LogP contribution < -0.4 is 5.32 Å². The lowest BCUT2D eigenvalue weighted by Crippen LogP contribution is -2.39. The fourth-order valence-electron chi connectivity index (χ4n) is 3.88. The molecule has 1 spiro atoms. The number of thioether (sulfide) groups is 1. The van der Waals surface area contributed by atoms with Crippen molar-refractivity contribution in [3.05, 3.63) is 59.4 Å². The first-order valence-electron chi connectivity index (χ1n) is 8.55. The van der Waals surface area contributed by atoms with E-state index in [1.165, 1.54) is 23.9 Å². The lowest BCUT2D eigenvalue weighted by molar-refractivity contribution is 0.0696. The number of anilines is 1. The molecule has 142 valence electrons. The van der Waals surface area contributed by atoms with Gasteiger partial charge in [0.2, 0.25) is 0 Å². The van der Waals surface area contributed by atoms with Gasteiger partial charge >= 0.3 is 5.97 Å². The van der Waals surface area contributed by atoms with Gasteiger partial charge in [-0.1, -0.05) is 0 Å². The highest BCUT2D eigenvalue weighted by atomic mass is 32.3. The zero-order valence-corrected chi connectivity index (χ0v) is 15.9. The molecule has 0 aliphatic carbocycles. The van der Waals surface area contributed by atoms with Crippen LogP contribution in [0.25, 0.3) is 0 Å². The minimum Gasteiger partial charge on any atom is -0.478 e. The molecule has 5 nitrogen and oxygen atoms in total. The number of halogens is 1. The predicted octanol–water partition coefficient (Wildman–Crippen LogP) is 3.51. The second-order valence-electron chi connectivity index (χ2n) is 6.95. The Morgan fingerprint density at radius 1 is 1.22 bits per heavy atom. The Kier molecular flexibility index (Phi) is 4.43. The van der Waals surface area contributed by atoms with Gasteiger partial charge in [0.05, 0.1) is 10.5 Å². The number of nitrogens with one attached hydrogen (secondary N) is 1. The van der Waals surface area contributed by atoms with Gasteiger partial charge in [0, 0.05) is 17.6 Å². The van der Waals surface area contributed by atoms with E-state index in [0.29, 0.717) is 18.7 Å². The van der Waals surface area contributed by atoms with Crippen LogP contribution in [0, 0.1) is 5.82 Å². The third kappa shape index (κ3) is 3.10. The SMILES string of the molecule is O=C(O)c1ccc2c(c1)C1(CCSC(S(=O)(=O)c3ccc(F)cc3)C1)CN2. The van der Waals surface area contributed by atoms with E-state index in [-0.39, 0.29) is 10.5 Å². The third-order valence-corrected chi connectivity index (χ3v) is 9.32. The number of aromatic carboxylic acids is 1. The highest BCUT2D eigenvalue weighted by Gasteiger charge is 2.47. The minimum absolute atomic E-state index is 0.115. The zero-order valence-electron chi connectivity index (χ0n) is 14.3. The van der Waals surface area contributed by atoms with Crippen LogP contribution in [-0.2, 0) is 15.3 Å². The van der Waals surface area contributed by atoms with E-state index in [4.69, 9.17) is 0 Å². The quantitative estimate of drug-likeness (QED) is 0.758. The molecule has 2 atom stereocenters. The summed E-state index contributed by atoms with van der Waals surface area (Å²) in [5.74, 6) is -0.818. The molecule has 27 heavy (non-hydrogen) atoms. The Hall–Kier alpha value is -2.06. The fraction of sp³-hybridized carbons (Fsp3) is 0.316. The normalized spacial score (nSPS) is 24.4. The van der Waals surface area contributed by atoms with Gasteiger partial charge < -0.3 is 10.4 Å². The molecule has 0 amide bonds. The van der Waals surface area contributed by atoms with Crippen molar-refractivity contribution in [3.8, 4) is 0 Å². The van der Waals surface area contributed by atoms with Crippen LogP contribution in [0.1, 0.15) is 28.8 Å². The molecule has 0 saturated carbocycles. The summed E-state index contributed by atoms with van der Waals surface area (Å²) in [5.41, 5.74) is 1.53. The van der Waals surface area contributed by atoms with Crippen LogP contribution >= 0.6 is 11.8 Å². The summed E-state index contributed by atoms with van der Waals surface area (Å²) >= 11 is 1.39. The lowest BCUT2D eigenvalue weighted by atomic mass is 9.77. The van der Waals surface area contributed by atoms with Crippen molar-refractivity contribution in [2.24, 2.45) is 0 Å². The number of benzene rings is 2. The Morgan fingerprint density at radius 3 is 2.67 bits per heavy atom. The minimum atomic E-state index is -3.62. The molecule has 2 unspecified atom stereocenters. The average molecular weight is 407 g/mol. The molecule has 2 aromatic rings. The standard InChI is InChI=1S/C19H18FNO4S2/c20-13-2-4-14(5-3-13)27(24,25)17-10-19(7-8-26-17)11-21-16-6-1-12(18(22)23)9-15(16)19/h1-6,9,17,21H,7-8,10-11H2,(H,22,23). The van der Waals surface area contributed by atoms with Gasteiger partial charge in [0.1, 0.15) is 10.4 Å². The van der Waals surface area contributed by atoms with Crippen molar-refractivity contribution in [1.29, 1.82) is 0 Å². The molecule has 2 heterocycles. The van der Waals surface area contributed by atoms with E-state index in [9.17, 15) is 22.7 Å². The highest BCUT2D eigenvalue weighted by Crippen LogP contribution is 2.50. The van der Waals surface area contributed by atoms with E-state index in [1.54, 1.807) is 18.2 Å². The molecular weight excluding hydrogens is 389 g/mol. The van der Waals surface area contributed by atoms with Crippen molar-refractivity contribution in [3.63, 3.8) is 0 Å².